The SMILES string of the molecule is Cc1cccc(N)c1Oc1ccc(C(N)=O)nn1. The Kier molecular flexibility index (Phi) is 3.09. The van der Waals surface area contributed by atoms with Crippen LogP contribution in [-0.4, -0.2) is 16.1 Å². The molecule has 92 valence electrons. The van der Waals surface area contributed by atoms with Gasteiger partial charge in [0.15, 0.2) is 11.4 Å². The van der Waals surface area contributed by atoms with Crippen LogP contribution in [-0.2, 0) is 0 Å². The highest BCUT2D eigenvalue weighted by Gasteiger charge is 2.08. The molecule has 0 fully saturated rings. The number of amides is 1. The van der Waals surface area contributed by atoms with E-state index in [0.717, 1.165) is 5.56 Å². The molecular weight excluding hydrogens is 232 g/mol. The van der Waals surface area contributed by atoms with Gasteiger partial charge in [-0.05, 0) is 24.6 Å². The predicted octanol–water partition coefficient (Wildman–Crippen LogP) is 1.26. The topological polar surface area (TPSA) is 104 Å². The molecule has 0 radical (unpaired) electrons. The van der Waals surface area contributed by atoms with Crippen molar-refractivity contribution in [1.82, 2.24) is 10.2 Å². The highest BCUT2D eigenvalue weighted by molar-refractivity contribution is 5.90. The van der Waals surface area contributed by atoms with Crippen LogP contribution in [0.5, 0.6) is 11.6 Å². The van der Waals surface area contributed by atoms with Gasteiger partial charge in [0, 0.05) is 6.07 Å². The van der Waals surface area contributed by atoms with Gasteiger partial charge in [0.2, 0.25) is 5.88 Å². The Balaban J connectivity index is 2.26. The fourth-order valence-corrected chi connectivity index (χ4v) is 1.43. The van der Waals surface area contributed by atoms with E-state index in [1.54, 1.807) is 6.07 Å². The fraction of sp³-hybridized carbons (Fsp3) is 0.0833. The largest absolute Gasteiger partial charge is 0.435 e. The summed E-state index contributed by atoms with van der Waals surface area (Å²) in [6.07, 6.45) is 0. The molecule has 18 heavy (non-hydrogen) atoms. The van der Waals surface area contributed by atoms with Crippen LogP contribution in [0.2, 0.25) is 0 Å². The number of hydrogen-bond donors (Lipinski definition) is 2. The number of primary amides is 1. The molecule has 0 aliphatic carbocycles. The van der Waals surface area contributed by atoms with E-state index in [1.165, 1.54) is 12.1 Å². The van der Waals surface area contributed by atoms with Gasteiger partial charge >= 0.3 is 0 Å². The molecule has 0 atom stereocenters. The Hall–Kier alpha value is -2.63. The normalized spacial score (nSPS) is 10.1. The molecule has 0 unspecified atom stereocenters. The minimum atomic E-state index is -0.635. The summed E-state index contributed by atoms with van der Waals surface area (Å²) in [5.41, 5.74) is 12.3. The van der Waals surface area contributed by atoms with E-state index in [1.807, 2.05) is 19.1 Å². The first kappa shape index (κ1) is 11.8. The zero-order chi connectivity index (χ0) is 13.1. The molecule has 1 aromatic carbocycles. The average molecular weight is 244 g/mol. The van der Waals surface area contributed by atoms with Gasteiger partial charge in [-0.3, -0.25) is 4.79 Å². The minimum Gasteiger partial charge on any atom is -0.435 e. The summed E-state index contributed by atoms with van der Waals surface area (Å²) < 4.78 is 5.52. The highest BCUT2D eigenvalue weighted by atomic mass is 16.5. The predicted molar refractivity (Wildman–Crippen MR) is 66.2 cm³/mol. The maximum Gasteiger partial charge on any atom is 0.269 e. The monoisotopic (exact) mass is 244 g/mol. The van der Waals surface area contributed by atoms with Crippen LogP contribution in [0.1, 0.15) is 16.1 Å². The van der Waals surface area contributed by atoms with Crippen molar-refractivity contribution >= 4 is 11.6 Å². The molecule has 1 heterocycles. The van der Waals surface area contributed by atoms with E-state index in [0.29, 0.717) is 11.4 Å². The lowest BCUT2D eigenvalue weighted by atomic mass is 10.2. The van der Waals surface area contributed by atoms with Crippen LogP contribution in [0.25, 0.3) is 0 Å². The maximum absolute atomic E-state index is 10.8. The summed E-state index contributed by atoms with van der Waals surface area (Å²) >= 11 is 0. The molecule has 2 rings (SSSR count). The molecule has 6 nitrogen and oxygen atoms in total. The van der Waals surface area contributed by atoms with Crippen molar-refractivity contribution in [2.24, 2.45) is 5.73 Å². The average Bonchev–Trinajstić information content (AvgIpc) is 2.34. The second-order valence-corrected chi connectivity index (χ2v) is 3.72. The van der Waals surface area contributed by atoms with E-state index in [-0.39, 0.29) is 11.6 Å². The van der Waals surface area contributed by atoms with Crippen LogP contribution in [0.15, 0.2) is 30.3 Å². The number of hydrogen-bond acceptors (Lipinski definition) is 5. The summed E-state index contributed by atoms with van der Waals surface area (Å²) in [5, 5.41) is 7.39. The molecule has 4 N–H and O–H groups in total. The smallest absolute Gasteiger partial charge is 0.269 e. The van der Waals surface area contributed by atoms with Crippen LogP contribution >= 0.6 is 0 Å². The van der Waals surface area contributed by atoms with Gasteiger partial charge in [-0.25, -0.2) is 0 Å². The third-order valence-corrected chi connectivity index (χ3v) is 2.34. The Bertz CT molecular complexity index is 561. The third-order valence-electron chi connectivity index (χ3n) is 2.34. The number of nitrogens with zero attached hydrogens (tertiary/aromatic N) is 2. The standard InChI is InChI=1S/C12H12N4O2/c1-7-3-2-4-8(13)11(7)18-10-6-5-9(12(14)17)15-16-10/h2-6H,13H2,1H3,(H2,14,17). The van der Waals surface area contributed by atoms with Crippen molar-refractivity contribution in [1.29, 1.82) is 0 Å². The Morgan fingerprint density at radius 2 is 2.00 bits per heavy atom. The molecule has 0 saturated carbocycles. The molecular formula is C12H12N4O2. The first-order valence-corrected chi connectivity index (χ1v) is 5.24. The lowest BCUT2D eigenvalue weighted by molar-refractivity contribution is 0.0994. The first-order chi connectivity index (χ1) is 8.58. The Morgan fingerprint density at radius 1 is 1.22 bits per heavy atom. The molecule has 2 aromatic rings. The van der Waals surface area contributed by atoms with Gasteiger partial charge in [0.25, 0.3) is 5.91 Å². The number of aryl methyl sites for hydroxylation is 1. The van der Waals surface area contributed by atoms with Crippen LogP contribution in [0.4, 0.5) is 5.69 Å². The number of aromatic nitrogens is 2. The van der Waals surface area contributed by atoms with E-state index < -0.39 is 5.91 Å². The van der Waals surface area contributed by atoms with Gasteiger partial charge in [0.05, 0.1) is 5.69 Å². The number of ether oxygens (including phenoxy) is 1. The number of anilines is 1. The van der Waals surface area contributed by atoms with Crippen molar-refractivity contribution in [3.05, 3.63) is 41.6 Å². The summed E-state index contributed by atoms with van der Waals surface area (Å²) in [4.78, 5) is 10.8. The molecule has 0 bridgehead atoms. The van der Waals surface area contributed by atoms with E-state index in [2.05, 4.69) is 10.2 Å². The first-order valence-electron chi connectivity index (χ1n) is 5.24. The van der Waals surface area contributed by atoms with E-state index >= 15 is 0 Å². The summed E-state index contributed by atoms with van der Waals surface area (Å²) in [6, 6.07) is 8.39. The Labute approximate surface area is 104 Å². The Morgan fingerprint density at radius 3 is 2.56 bits per heavy atom. The molecule has 0 aliphatic rings. The van der Waals surface area contributed by atoms with Crippen molar-refractivity contribution < 1.29 is 9.53 Å². The van der Waals surface area contributed by atoms with Gasteiger partial charge in [-0.2, -0.15) is 0 Å². The summed E-state index contributed by atoms with van der Waals surface area (Å²) in [6.45, 7) is 1.87. The zero-order valence-corrected chi connectivity index (χ0v) is 9.75. The molecule has 0 spiro atoms. The molecule has 1 amide bonds. The van der Waals surface area contributed by atoms with Crippen molar-refractivity contribution in [3.8, 4) is 11.6 Å². The lowest BCUT2D eigenvalue weighted by Crippen LogP contribution is -2.13. The molecule has 0 saturated heterocycles. The fourth-order valence-electron chi connectivity index (χ4n) is 1.43. The number of benzene rings is 1. The number of nitrogen functional groups attached to an aromatic ring is 1. The van der Waals surface area contributed by atoms with Gasteiger partial charge in [-0.1, -0.05) is 12.1 Å². The summed E-state index contributed by atoms with van der Waals surface area (Å²) in [5.74, 6) is 0.143. The van der Waals surface area contributed by atoms with Crippen LogP contribution in [0.3, 0.4) is 0 Å². The van der Waals surface area contributed by atoms with Gasteiger partial charge in [-0.15, -0.1) is 10.2 Å². The van der Waals surface area contributed by atoms with Gasteiger partial charge in [0.1, 0.15) is 0 Å². The van der Waals surface area contributed by atoms with Gasteiger partial charge < -0.3 is 16.2 Å². The van der Waals surface area contributed by atoms with Crippen molar-refractivity contribution in [3.63, 3.8) is 0 Å². The summed E-state index contributed by atoms with van der Waals surface area (Å²) in [7, 11) is 0. The van der Waals surface area contributed by atoms with E-state index in [9.17, 15) is 4.79 Å². The highest BCUT2D eigenvalue weighted by Crippen LogP contribution is 2.29. The second kappa shape index (κ2) is 4.70. The minimum absolute atomic E-state index is 0.0834. The number of para-hydroxylation sites is 1. The van der Waals surface area contributed by atoms with Crippen LogP contribution in [0, 0.1) is 6.92 Å². The maximum atomic E-state index is 10.8. The molecule has 6 heteroatoms. The number of carbonyl (C=O) groups is 1. The van der Waals surface area contributed by atoms with E-state index in [4.69, 9.17) is 16.2 Å². The van der Waals surface area contributed by atoms with Crippen LogP contribution < -0.4 is 16.2 Å². The number of carbonyl (C=O) groups excluding carboxylic acids is 1. The number of nitrogens with two attached hydrogens (primary N) is 2. The molecule has 1 aromatic heterocycles. The third kappa shape index (κ3) is 2.37. The molecule has 0 aliphatic heterocycles. The van der Waals surface area contributed by atoms with Crippen molar-refractivity contribution in [2.75, 3.05) is 5.73 Å². The number of rotatable bonds is 3. The lowest BCUT2D eigenvalue weighted by Gasteiger charge is -2.09. The second-order valence-electron chi connectivity index (χ2n) is 3.72. The quantitative estimate of drug-likeness (QED) is 0.791. The van der Waals surface area contributed by atoms with Crippen molar-refractivity contribution in [2.45, 2.75) is 6.92 Å². The zero-order valence-electron chi connectivity index (χ0n) is 9.75.